The molecule has 2 aromatic rings. The number of rotatable bonds is 7. The number of carbonyl (C=O) groups excluding carboxylic acids is 1. The van der Waals surface area contributed by atoms with E-state index >= 15 is 0 Å². The highest BCUT2D eigenvalue weighted by molar-refractivity contribution is 5.91. The van der Waals surface area contributed by atoms with E-state index in [9.17, 15) is 4.79 Å². The summed E-state index contributed by atoms with van der Waals surface area (Å²) in [6.45, 7) is 6.86. The van der Waals surface area contributed by atoms with E-state index in [2.05, 4.69) is 45.4 Å². The zero-order chi connectivity index (χ0) is 21.0. The molecule has 1 N–H and O–H groups in total. The van der Waals surface area contributed by atoms with Gasteiger partial charge in [0.1, 0.15) is 0 Å². The third-order valence-corrected chi connectivity index (χ3v) is 7.82. The van der Waals surface area contributed by atoms with Gasteiger partial charge in [-0.25, -0.2) is 0 Å². The SMILES string of the molecule is O=C(NC[C@H]1C[C@@H]2CCN1C[C@@H]2CN1CCC(Cc2ccccc2)CC1)c1ccco1. The third-order valence-electron chi connectivity index (χ3n) is 7.82. The van der Waals surface area contributed by atoms with Crippen LogP contribution >= 0.6 is 0 Å². The molecule has 0 aliphatic carbocycles. The second-order valence-corrected chi connectivity index (χ2v) is 9.81. The van der Waals surface area contributed by atoms with Crippen molar-refractivity contribution < 1.29 is 9.21 Å². The molecular formula is C26H35N3O2. The Labute approximate surface area is 185 Å². The molecular weight excluding hydrogens is 386 g/mol. The van der Waals surface area contributed by atoms with Crippen molar-refractivity contribution in [1.29, 1.82) is 0 Å². The van der Waals surface area contributed by atoms with E-state index in [1.807, 2.05) is 0 Å². The van der Waals surface area contributed by atoms with Crippen molar-refractivity contribution in [3.63, 3.8) is 0 Å². The molecule has 1 amide bonds. The zero-order valence-electron chi connectivity index (χ0n) is 18.4. The van der Waals surface area contributed by atoms with Crippen molar-refractivity contribution in [2.75, 3.05) is 39.3 Å². The molecule has 4 fully saturated rings. The van der Waals surface area contributed by atoms with Crippen molar-refractivity contribution in [1.82, 2.24) is 15.1 Å². The Morgan fingerprint density at radius 2 is 1.87 bits per heavy atom. The standard InChI is InChI=1S/C26H35N3O2/c30-26(25-7-4-14-31-25)27-17-24-16-22-10-13-29(24)19-23(22)18-28-11-8-21(9-12-28)15-20-5-2-1-3-6-20/h1-7,14,21-24H,8-13,15-19H2,(H,27,30)/t22-,23-,24+/m0/s1. The number of hydrogen-bond donors (Lipinski definition) is 1. The molecule has 0 spiro atoms. The maximum atomic E-state index is 12.2. The molecule has 166 valence electrons. The quantitative estimate of drug-likeness (QED) is 0.741. The summed E-state index contributed by atoms with van der Waals surface area (Å²) in [6.07, 6.45) is 7.98. The molecule has 4 atom stereocenters. The Morgan fingerprint density at radius 3 is 2.58 bits per heavy atom. The van der Waals surface area contributed by atoms with Gasteiger partial charge in [-0.3, -0.25) is 9.69 Å². The number of carbonyl (C=O) groups is 1. The first-order valence-corrected chi connectivity index (χ1v) is 12.1. The van der Waals surface area contributed by atoms with Crippen LogP contribution in [0.25, 0.3) is 0 Å². The maximum Gasteiger partial charge on any atom is 0.287 e. The third kappa shape index (κ3) is 5.04. The van der Waals surface area contributed by atoms with Crippen LogP contribution in [0.5, 0.6) is 0 Å². The van der Waals surface area contributed by atoms with E-state index in [4.69, 9.17) is 4.42 Å². The van der Waals surface area contributed by atoms with E-state index in [0.717, 1.165) is 24.3 Å². The summed E-state index contributed by atoms with van der Waals surface area (Å²) in [6, 6.07) is 14.9. The fourth-order valence-electron chi connectivity index (χ4n) is 6.03. The number of nitrogens with zero attached hydrogens (tertiary/aromatic N) is 2. The Bertz CT molecular complexity index is 830. The average molecular weight is 422 g/mol. The van der Waals surface area contributed by atoms with Crippen molar-refractivity contribution in [2.24, 2.45) is 17.8 Å². The molecule has 5 nitrogen and oxygen atoms in total. The smallest absolute Gasteiger partial charge is 0.287 e. The Hall–Kier alpha value is -2.11. The number of fused-ring (bicyclic) bond motifs is 3. The van der Waals surface area contributed by atoms with Gasteiger partial charge in [0.2, 0.25) is 0 Å². The van der Waals surface area contributed by atoms with Crippen LogP contribution in [0.4, 0.5) is 0 Å². The minimum absolute atomic E-state index is 0.0948. The minimum atomic E-state index is -0.0948. The summed E-state index contributed by atoms with van der Waals surface area (Å²) in [4.78, 5) is 17.5. The van der Waals surface area contributed by atoms with Crippen LogP contribution in [0.15, 0.2) is 53.1 Å². The Balaban J connectivity index is 1.06. The molecule has 4 aliphatic rings. The summed E-state index contributed by atoms with van der Waals surface area (Å²) < 4.78 is 5.21. The number of benzene rings is 1. The van der Waals surface area contributed by atoms with Gasteiger partial charge >= 0.3 is 0 Å². The van der Waals surface area contributed by atoms with Gasteiger partial charge in [0, 0.05) is 25.7 Å². The van der Waals surface area contributed by atoms with Gasteiger partial charge < -0.3 is 14.6 Å². The van der Waals surface area contributed by atoms with E-state index in [1.165, 1.54) is 70.4 Å². The van der Waals surface area contributed by atoms with Crippen LogP contribution in [-0.4, -0.2) is 61.0 Å². The molecule has 4 aliphatic heterocycles. The van der Waals surface area contributed by atoms with Crippen LogP contribution in [0.2, 0.25) is 0 Å². The lowest BCUT2D eigenvalue weighted by molar-refractivity contribution is -0.0152. The Morgan fingerprint density at radius 1 is 1.03 bits per heavy atom. The first-order valence-electron chi connectivity index (χ1n) is 12.1. The summed E-state index contributed by atoms with van der Waals surface area (Å²) in [5.74, 6) is 2.74. The van der Waals surface area contributed by atoms with Crippen LogP contribution in [0.1, 0.15) is 41.8 Å². The summed E-state index contributed by atoms with van der Waals surface area (Å²) >= 11 is 0. The second kappa shape index (κ2) is 9.58. The molecule has 0 saturated carbocycles. The first kappa shape index (κ1) is 20.8. The predicted octanol–water partition coefficient (Wildman–Crippen LogP) is 3.67. The number of amides is 1. The van der Waals surface area contributed by atoms with Gasteiger partial charge in [0.15, 0.2) is 5.76 Å². The van der Waals surface area contributed by atoms with Gasteiger partial charge in [-0.1, -0.05) is 30.3 Å². The minimum Gasteiger partial charge on any atom is -0.459 e. The highest BCUT2D eigenvalue weighted by atomic mass is 16.3. The molecule has 4 saturated heterocycles. The number of nitrogens with one attached hydrogen (secondary N) is 1. The molecule has 0 radical (unpaired) electrons. The molecule has 1 aromatic heterocycles. The fraction of sp³-hybridized carbons (Fsp3) is 0.577. The molecule has 5 heteroatoms. The first-order chi connectivity index (χ1) is 15.2. The number of hydrogen-bond acceptors (Lipinski definition) is 4. The summed E-state index contributed by atoms with van der Waals surface area (Å²) in [5, 5.41) is 3.08. The molecule has 1 unspecified atom stereocenters. The number of furan rings is 1. The van der Waals surface area contributed by atoms with Gasteiger partial charge in [0.05, 0.1) is 6.26 Å². The molecule has 31 heavy (non-hydrogen) atoms. The monoisotopic (exact) mass is 421 g/mol. The highest BCUT2D eigenvalue weighted by Crippen LogP contribution is 2.37. The fourth-order valence-corrected chi connectivity index (χ4v) is 6.03. The molecule has 2 bridgehead atoms. The van der Waals surface area contributed by atoms with Crippen LogP contribution < -0.4 is 5.32 Å². The van der Waals surface area contributed by atoms with E-state index in [-0.39, 0.29) is 5.91 Å². The van der Waals surface area contributed by atoms with Crippen LogP contribution in [-0.2, 0) is 6.42 Å². The molecule has 1 aromatic carbocycles. The topological polar surface area (TPSA) is 48.7 Å². The average Bonchev–Trinajstić information content (AvgIpc) is 3.35. The van der Waals surface area contributed by atoms with Gasteiger partial charge in [-0.15, -0.1) is 0 Å². The van der Waals surface area contributed by atoms with E-state index in [1.54, 1.807) is 18.4 Å². The highest BCUT2D eigenvalue weighted by Gasteiger charge is 2.40. The lowest BCUT2D eigenvalue weighted by Gasteiger charge is -2.51. The lowest BCUT2D eigenvalue weighted by atomic mass is 9.75. The zero-order valence-corrected chi connectivity index (χ0v) is 18.4. The van der Waals surface area contributed by atoms with Crippen molar-refractivity contribution in [3.05, 3.63) is 60.1 Å². The van der Waals surface area contributed by atoms with Gasteiger partial charge in [-0.2, -0.15) is 0 Å². The lowest BCUT2D eigenvalue weighted by Crippen LogP contribution is -2.58. The van der Waals surface area contributed by atoms with E-state index in [0.29, 0.717) is 11.8 Å². The van der Waals surface area contributed by atoms with Gasteiger partial charge in [-0.05, 0) is 87.2 Å². The maximum absolute atomic E-state index is 12.2. The molecule has 6 rings (SSSR count). The van der Waals surface area contributed by atoms with E-state index < -0.39 is 0 Å². The Kier molecular flexibility index (Phi) is 6.42. The van der Waals surface area contributed by atoms with Crippen molar-refractivity contribution in [2.45, 2.75) is 38.1 Å². The van der Waals surface area contributed by atoms with Gasteiger partial charge in [0.25, 0.3) is 5.91 Å². The van der Waals surface area contributed by atoms with Crippen LogP contribution in [0, 0.1) is 17.8 Å². The second-order valence-electron chi connectivity index (χ2n) is 9.81. The van der Waals surface area contributed by atoms with Crippen LogP contribution in [0.3, 0.4) is 0 Å². The normalized spacial score (nSPS) is 29.2. The largest absolute Gasteiger partial charge is 0.459 e. The van der Waals surface area contributed by atoms with Crippen molar-refractivity contribution >= 4 is 5.91 Å². The number of likely N-dealkylation sites (tertiary alicyclic amines) is 1. The predicted molar refractivity (Wildman–Crippen MR) is 122 cm³/mol. The number of piperidine rings is 4. The summed E-state index contributed by atoms with van der Waals surface area (Å²) in [7, 11) is 0. The molecule has 5 heterocycles. The van der Waals surface area contributed by atoms with Crippen molar-refractivity contribution in [3.8, 4) is 0 Å². The summed E-state index contributed by atoms with van der Waals surface area (Å²) in [5.41, 5.74) is 1.49.